The van der Waals surface area contributed by atoms with Gasteiger partial charge in [0.1, 0.15) is 5.82 Å². The Morgan fingerprint density at radius 3 is 2.56 bits per heavy atom. The molecule has 0 spiro atoms. The fourth-order valence-electron chi connectivity index (χ4n) is 3.65. The number of pyridine rings is 1. The normalized spacial score (nSPS) is 12.0. The first kappa shape index (κ1) is 21.3. The maximum atomic E-state index is 13.5. The molecule has 0 saturated carbocycles. The highest BCUT2D eigenvalue weighted by molar-refractivity contribution is 5.84. The van der Waals surface area contributed by atoms with Crippen molar-refractivity contribution in [3.05, 3.63) is 78.3 Å². The molecule has 3 aromatic heterocycles. The average molecular weight is 430 g/mol. The van der Waals surface area contributed by atoms with Crippen LogP contribution >= 0.6 is 0 Å². The van der Waals surface area contributed by atoms with Crippen LogP contribution in [0.3, 0.4) is 0 Å². The van der Waals surface area contributed by atoms with Crippen molar-refractivity contribution in [2.24, 2.45) is 0 Å². The van der Waals surface area contributed by atoms with Gasteiger partial charge in [-0.3, -0.25) is 4.98 Å². The maximum Gasteiger partial charge on any atom is 0.220 e. The van der Waals surface area contributed by atoms with E-state index >= 15 is 0 Å². The zero-order valence-electron chi connectivity index (χ0n) is 18.0. The van der Waals surface area contributed by atoms with Crippen LogP contribution in [-0.2, 0) is 6.42 Å². The number of imidazole rings is 1. The first-order valence-corrected chi connectivity index (χ1v) is 10.3. The summed E-state index contributed by atoms with van der Waals surface area (Å²) in [5, 5.41) is 8.51. The number of halogens is 1. The number of hydrogen-bond donors (Lipinski definition) is 2. The summed E-state index contributed by atoms with van der Waals surface area (Å²) in [5.41, 5.74) is 11.2. The predicted molar refractivity (Wildman–Crippen MR) is 123 cm³/mol. The minimum atomic E-state index is -0.312. The van der Waals surface area contributed by atoms with E-state index in [4.69, 9.17) is 11.1 Å². The first-order chi connectivity index (χ1) is 15.4. The van der Waals surface area contributed by atoms with E-state index in [0.29, 0.717) is 29.9 Å². The van der Waals surface area contributed by atoms with Gasteiger partial charge in [-0.1, -0.05) is 6.07 Å². The molecule has 32 heavy (non-hydrogen) atoms. The van der Waals surface area contributed by atoms with Crippen LogP contribution in [-0.4, -0.2) is 30.2 Å². The Morgan fingerprint density at radius 2 is 1.88 bits per heavy atom. The Hall–Kier alpha value is -3.94. The monoisotopic (exact) mass is 429 g/mol. The van der Waals surface area contributed by atoms with Gasteiger partial charge in [0.05, 0.1) is 23.4 Å². The predicted octanol–water partition coefficient (Wildman–Crippen LogP) is 4.65. The van der Waals surface area contributed by atoms with Crippen LogP contribution < -0.4 is 5.73 Å². The summed E-state index contributed by atoms with van der Waals surface area (Å²) in [6.07, 6.45) is 6.21. The minimum Gasteiger partial charge on any atom is -0.368 e. The fourth-order valence-corrected chi connectivity index (χ4v) is 3.65. The van der Waals surface area contributed by atoms with Crippen molar-refractivity contribution in [2.75, 3.05) is 5.73 Å². The second kappa shape index (κ2) is 9.05. The van der Waals surface area contributed by atoms with E-state index in [1.54, 1.807) is 30.7 Å². The standard InChI is InChI=1S/C24H24FN7/c1-15-3-4-17(13-29-15)12-20(26)11-16(2)32-14-30-22(18-5-7-19(25)8-6-18)23(32)21-9-10-28-24(27)31-21/h3-10,13-14,16,26H,11-12H2,1-2H3,(H2,27,28,31). The van der Waals surface area contributed by atoms with Crippen molar-refractivity contribution >= 4 is 11.7 Å². The van der Waals surface area contributed by atoms with Gasteiger partial charge in [0.25, 0.3) is 0 Å². The Labute approximate surface area is 185 Å². The highest BCUT2D eigenvalue weighted by Crippen LogP contribution is 2.33. The number of aromatic nitrogens is 5. The van der Waals surface area contributed by atoms with Crippen LogP contribution in [0, 0.1) is 18.2 Å². The van der Waals surface area contributed by atoms with Crippen LogP contribution in [0.5, 0.6) is 0 Å². The van der Waals surface area contributed by atoms with E-state index < -0.39 is 0 Å². The zero-order chi connectivity index (χ0) is 22.7. The minimum absolute atomic E-state index is 0.0613. The maximum absolute atomic E-state index is 13.5. The van der Waals surface area contributed by atoms with Crippen LogP contribution in [0.25, 0.3) is 22.6 Å². The molecule has 4 rings (SSSR count). The number of hydrogen-bond acceptors (Lipinski definition) is 6. The molecule has 0 radical (unpaired) electrons. The molecule has 1 atom stereocenters. The van der Waals surface area contributed by atoms with E-state index in [1.807, 2.05) is 36.7 Å². The Balaban J connectivity index is 1.66. The number of nitrogens with one attached hydrogen (secondary N) is 1. The molecule has 0 aliphatic rings. The van der Waals surface area contributed by atoms with Crippen molar-refractivity contribution in [3.63, 3.8) is 0 Å². The van der Waals surface area contributed by atoms with Gasteiger partial charge in [-0.15, -0.1) is 0 Å². The van der Waals surface area contributed by atoms with Crippen LogP contribution in [0.4, 0.5) is 10.3 Å². The van der Waals surface area contributed by atoms with E-state index in [9.17, 15) is 4.39 Å². The van der Waals surface area contributed by atoms with Gasteiger partial charge in [0, 0.05) is 48.2 Å². The molecule has 0 aliphatic heterocycles. The molecule has 0 fully saturated rings. The highest BCUT2D eigenvalue weighted by Gasteiger charge is 2.21. The molecule has 3 heterocycles. The number of nitrogen functional groups attached to an aromatic ring is 1. The smallest absolute Gasteiger partial charge is 0.220 e. The van der Waals surface area contributed by atoms with E-state index in [0.717, 1.165) is 22.5 Å². The lowest BCUT2D eigenvalue weighted by Gasteiger charge is -2.18. The molecule has 3 N–H and O–H groups in total. The molecule has 0 saturated heterocycles. The summed E-state index contributed by atoms with van der Waals surface area (Å²) in [7, 11) is 0. The highest BCUT2D eigenvalue weighted by atomic mass is 19.1. The zero-order valence-corrected chi connectivity index (χ0v) is 18.0. The van der Waals surface area contributed by atoms with E-state index in [1.165, 1.54) is 12.1 Å². The molecule has 0 amide bonds. The Kier molecular flexibility index (Phi) is 6.02. The summed E-state index contributed by atoms with van der Waals surface area (Å²) in [4.78, 5) is 17.3. The molecule has 0 bridgehead atoms. The topological polar surface area (TPSA) is 106 Å². The van der Waals surface area contributed by atoms with E-state index in [-0.39, 0.29) is 17.8 Å². The lowest BCUT2D eigenvalue weighted by Crippen LogP contribution is -2.13. The summed E-state index contributed by atoms with van der Waals surface area (Å²) in [5.74, 6) is -0.152. The molecule has 0 aliphatic carbocycles. The van der Waals surface area contributed by atoms with Gasteiger partial charge >= 0.3 is 0 Å². The van der Waals surface area contributed by atoms with Gasteiger partial charge in [-0.05, 0) is 55.8 Å². The number of benzene rings is 1. The van der Waals surface area contributed by atoms with Gasteiger partial charge in [0.15, 0.2) is 0 Å². The Bertz CT molecular complexity index is 1230. The second-order valence-electron chi connectivity index (χ2n) is 7.80. The Morgan fingerprint density at radius 1 is 1.09 bits per heavy atom. The number of nitrogens with zero attached hydrogens (tertiary/aromatic N) is 5. The third-order valence-corrected chi connectivity index (χ3v) is 5.24. The molecule has 8 heteroatoms. The largest absolute Gasteiger partial charge is 0.368 e. The third kappa shape index (κ3) is 4.69. The summed E-state index contributed by atoms with van der Waals surface area (Å²) >= 11 is 0. The number of anilines is 1. The number of nitrogens with two attached hydrogens (primary N) is 1. The van der Waals surface area contributed by atoms with Crippen LogP contribution in [0.2, 0.25) is 0 Å². The van der Waals surface area contributed by atoms with Gasteiger partial charge < -0.3 is 15.7 Å². The van der Waals surface area contributed by atoms with Crippen LogP contribution in [0.15, 0.2) is 61.2 Å². The lowest BCUT2D eigenvalue weighted by atomic mass is 10.0. The third-order valence-electron chi connectivity index (χ3n) is 5.24. The average Bonchev–Trinajstić information content (AvgIpc) is 3.21. The number of rotatable bonds is 7. The SMILES string of the molecule is Cc1ccc(CC(=N)CC(C)n2cnc(-c3ccc(F)cc3)c2-c2ccnc(N)n2)cn1. The quantitative estimate of drug-likeness (QED) is 0.416. The van der Waals surface area contributed by atoms with Crippen molar-refractivity contribution in [2.45, 2.75) is 32.7 Å². The molecule has 1 unspecified atom stereocenters. The van der Waals surface area contributed by atoms with Crippen molar-refractivity contribution < 1.29 is 4.39 Å². The molecule has 1 aromatic carbocycles. The lowest BCUT2D eigenvalue weighted by molar-refractivity contribution is 0.568. The van der Waals surface area contributed by atoms with Crippen molar-refractivity contribution in [1.82, 2.24) is 24.5 Å². The fraction of sp³-hybridized carbons (Fsp3) is 0.208. The molecule has 4 aromatic rings. The van der Waals surface area contributed by atoms with Gasteiger partial charge in [-0.25, -0.2) is 19.3 Å². The molecular formula is C24H24FN7. The summed E-state index contributed by atoms with van der Waals surface area (Å²) in [6, 6.07) is 11.8. The van der Waals surface area contributed by atoms with Gasteiger partial charge in [-0.2, -0.15) is 0 Å². The number of aryl methyl sites for hydroxylation is 1. The first-order valence-electron chi connectivity index (χ1n) is 10.3. The molecule has 7 nitrogen and oxygen atoms in total. The van der Waals surface area contributed by atoms with E-state index in [2.05, 4.69) is 19.9 Å². The van der Waals surface area contributed by atoms with Crippen molar-refractivity contribution in [1.29, 1.82) is 5.41 Å². The second-order valence-corrected chi connectivity index (χ2v) is 7.80. The van der Waals surface area contributed by atoms with Crippen LogP contribution in [0.1, 0.15) is 30.6 Å². The van der Waals surface area contributed by atoms with Crippen molar-refractivity contribution in [3.8, 4) is 22.6 Å². The molecular weight excluding hydrogens is 405 g/mol. The summed E-state index contributed by atoms with van der Waals surface area (Å²) in [6.45, 7) is 3.97. The van der Waals surface area contributed by atoms with Gasteiger partial charge in [0.2, 0.25) is 5.95 Å². The summed E-state index contributed by atoms with van der Waals surface area (Å²) < 4.78 is 15.5. The molecule has 162 valence electrons.